The monoisotopic (exact) mass is 396 g/mol. The standard InChI is InChI=1S/C23H28N2O4/c1-3-17(2)24-14-13-22(27)25(23(24)28)15-20(26)16-29-21-11-9-19(10-12-21)18-7-5-4-6-8-18/h4-12,17,20,26H,3,13-16H2,1-2H3/t17-,20-/m1/s1. The number of aliphatic hydroxyl groups excluding tert-OH is 1. The Morgan fingerprint density at radius 1 is 1.03 bits per heavy atom. The molecule has 0 spiro atoms. The molecule has 2 aromatic carbocycles. The van der Waals surface area contributed by atoms with Crippen molar-refractivity contribution in [3.63, 3.8) is 0 Å². The first-order chi connectivity index (χ1) is 14.0. The highest BCUT2D eigenvalue weighted by Gasteiger charge is 2.35. The lowest BCUT2D eigenvalue weighted by molar-refractivity contribution is -0.132. The van der Waals surface area contributed by atoms with E-state index in [0.29, 0.717) is 12.3 Å². The van der Waals surface area contributed by atoms with Gasteiger partial charge in [-0.1, -0.05) is 49.4 Å². The molecular weight excluding hydrogens is 368 g/mol. The van der Waals surface area contributed by atoms with Crippen LogP contribution in [0, 0.1) is 0 Å². The summed E-state index contributed by atoms with van der Waals surface area (Å²) in [4.78, 5) is 27.6. The molecular formula is C23H28N2O4. The van der Waals surface area contributed by atoms with Crippen LogP contribution in [-0.4, -0.2) is 58.7 Å². The van der Waals surface area contributed by atoms with Gasteiger partial charge >= 0.3 is 6.03 Å². The zero-order valence-electron chi connectivity index (χ0n) is 17.0. The Bertz CT molecular complexity index is 823. The molecule has 1 saturated heterocycles. The van der Waals surface area contributed by atoms with Crippen LogP contribution < -0.4 is 4.74 Å². The number of urea groups is 1. The van der Waals surface area contributed by atoms with Crippen molar-refractivity contribution in [2.24, 2.45) is 0 Å². The van der Waals surface area contributed by atoms with E-state index in [0.717, 1.165) is 22.4 Å². The van der Waals surface area contributed by atoms with Gasteiger partial charge in [0.05, 0.1) is 6.54 Å². The molecule has 154 valence electrons. The van der Waals surface area contributed by atoms with Gasteiger partial charge < -0.3 is 14.7 Å². The maximum atomic E-state index is 12.6. The third-order valence-electron chi connectivity index (χ3n) is 5.26. The summed E-state index contributed by atoms with van der Waals surface area (Å²) in [6.07, 6.45) is 0.150. The Morgan fingerprint density at radius 3 is 2.34 bits per heavy atom. The number of nitrogens with zero attached hydrogens (tertiary/aromatic N) is 2. The number of imide groups is 1. The third-order valence-corrected chi connectivity index (χ3v) is 5.26. The average molecular weight is 396 g/mol. The van der Waals surface area contributed by atoms with Crippen molar-refractivity contribution < 1.29 is 19.4 Å². The Balaban J connectivity index is 1.54. The van der Waals surface area contributed by atoms with Crippen LogP contribution >= 0.6 is 0 Å². The minimum absolute atomic E-state index is 0.00503. The lowest BCUT2D eigenvalue weighted by Gasteiger charge is -2.38. The normalized spacial score (nSPS) is 16.7. The van der Waals surface area contributed by atoms with Gasteiger partial charge in [0, 0.05) is 19.0 Å². The van der Waals surface area contributed by atoms with Crippen molar-refractivity contribution in [3.05, 3.63) is 54.6 Å². The summed E-state index contributed by atoms with van der Waals surface area (Å²) in [7, 11) is 0. The summed E-state index contributed by atoms with van der Waals surface area (Å²) in [5.41, 5.74) is 2.19. The highest BCUT2D eigenvalue weighted by atomic mass is 16.5. The van der Waals surface area contributed by atoms with Crippen molar-refractivity contribution in [2.75, 3.05) is 19.7 Å². The van der Waals surface area contributed by atoms with Crippen LogP contribution in [0.4, 0.5) is 4.79 Å². The molecule has 1 aliphatic rings. The highest BCUT2D eigenvalue weighted by molar-refractivity contribution is 5.97. The molecule has 0 saturated carbocycles. The Kier molecular flexibility index (Phi) is 6.88. The molecule has 1 heterocycles. The third kappa shape index (κ3) is 5.15. The fourth-order valence-electron chi connectivity index (χ4n) is 3.35. The predicted octanol–water partition coefficient (Wildman–Crippen LogP) is 3.55. The molecule has 0 aromatic heterocycles. The summed E-state index contributed by atoms with van der Waals surface area (Å²) in [6.45, 7) is 4.34. The minimum Gasteiger partial charge on any atom is -0.491 e. The van der Waals surface area contributed by atoms with Crippen molar-refractivity contribution in [3.8, 4) is 16.9 Å². The summed E-state index contributed by atoms with van der Waals surface area (Å²) in [6, 6.07) is 17.4. The van der Waals surface area contributed by atoms with Crippen molar-refractivity contribution in [1.82, 2.24) is 9.80 Å². The van der Waals surface area contributed by atoms with E-state index in [9.17, 15) is 14.7 Å². The molecule has 29 heavy (non-hydrogen) atoms. The molecule has 0 bridgehead atoms. The molecule has 0 radical (unpaired) electrons. The highest BCUT2D eigenvalue weighted by Crippen LogP contribution is 2.22. The molecule has 2 atom stereocenters. The van der Waals surface area contributed by atoms with Gasteiger partial charge in [-0.05, 0) is 36.6 Å². The van der Waals surface area contributed by atoms with E-state index in [1.54, 1.807) is 4.90 Å². The van der Waals surface area contributed by atoms with E-state index >= 15 is 0 Å². The zero-order valence-corrected chi connectivity index (χ0v) is 17.0. The Morgan fingerprint density at radius 2 is 1.69 bits per heavy atom. The average Bonchev–Trinajstić information content (AvgIpc) is 2.75. The molecule has 1 N–H and O–H groups in total. The maximum absolute atomic E-state index is 12.6. The van der Waals surface area contributed by atoms with Crippen LogP contribution in [0.25, 0.3) is 11.1 Å². The smallest absolute Gasteiger partial charge is 0.327 e. The summed E-state index contributed by atoms with van der Waals surface area (Å²) in [5, 5.41) is 10.3. The van der Waals surface area contributed by atoms with Gasteiger partial charge in [0.2, 0.25) is 5.91 Å². The number of aliphatic hydroxyl groups is 1. The van der Waals surface area contributed by atoms with Crippen molar-refractivity contribution >= 4 is 11.9 Å². The van der Waals surface area contributed by atoms with Crippen molar-refractivity contribution in [2.45, 2.75) is 38.8 Å². The molecule has 6 heteroatoms. The second kappa shape index (κ2) is 9.56. The molecule has 2 aromatic rings. The van der Waals surface area contributed by atoms with Crippen LogP contribution in [0.1, 0.15) is 26.7 Å². The fraction of sp³-hybridized carbons (Fsp3) is 0.391. The second-order valence-corrected chi connectivity index (χ2v) is 7.34. The number of hydrogen-bond donors (Lipinski definition) is 1. The number of hydrogen-bond acceptors (Lipinski definition) is 4. The first kappa shape index (κ1) is 20.9. The number of rotatable bonds is 8. The SMILES string of the molecule is CC[C@@H](C)N1CCC(=O)N(C[C@@H](O)COc2ccc(-c3ccccc3)cc2)C1=O. The Hall–Kier alpha value is -2.86. The molecule has 1 aliphatic heterocycles. The van der Waals surface area contributed by atoms with E-state index in [1.165, 1.54) is 0 Å². The van der Waals surface area contributed by atoms with Crippen LogP contribution in [0.15, 0.2) is 54.6 Å². The molecule has 0 aliphatic carbocycles. The first-order valence-corrected chi connectivity index (χ1v) is 10.1. The minimum atomic E-state index is -0.950. The van der Waals surface area contributed by atoms with Gasteiger partial charge in [0.25, 0.3) is 0 Å². The number of amides is 3. The number of β-amino-alcohol motifs (C(OH)–C–C–N with tert-alkyl or cyclic N) is 1. The maximum Gasteiger partial charge on any atom is 0.327 e. The second-order valence-electron chi connectivity index (χ2n) is 7.34. The van der Waals surface area contributed by atoms with Crippen molar-refractivity contribution in [1.29, 1.82) is 0 Å². The van der Waals surface area contributed by atoms with E-state index in [1.807, 2.05) is 68.4 Å². The van der Waals surface area contributed by atoms with Gasteiger partial charge in [0.15, 0.2) is 0 Å². The van der Waals surface area contributed by atoms with Crippen LogP contribution in [0.5, 0.6) is 5.75 Å². The molecule has 1 fully saturated rings. The Labute approximate surface area is 171 Å². The zero-order chi connectivity index (χ0) is 20.8. The first-order valence-electron chi connectivity index (χ1n) is 10.1. The topological polar surface area (TPSA) is 70.1 Å². The fourth-order valence-corrected chi connectivity index (χ4v) is 3.35. The van der Waals surface area contributed by atoms with Gasteiger partial charge in [-0.3, -0.25) is 9.69 Å². The van der Waals surface area contributed by atoms with Crippen LogP contribution in [0.3, 0.4) is 0 Å². The number of benzene rings is 2. The molecule has 3 amide bonds. The van der Waals surface area contributed by atoms with E-state index in [2.05, 4.69) is 0 Å². The summed E-state index contributed by atoms with van der Waals surface area (Å²) >= 11 is 0. The van der Waals surface area contributed by atoms with E-state index in [-0.39, 0.29) is 37.6 Å². The molecule has 0 unspecified atom stereocenters. The lowest BCUT2D eigenvalue weighted by atomic mass is 10.1. The van der Waals surface area contributed by atoms with Crippen LogP contribution in [0.2, 0.25) is 0 Å². The predicted molar refractivity (Wildman–Crippen MR) is 112 cm³/mol. The van der Waals surface area contributed by atoms with Gasteiger partial charge in [-0.25, -0.2) is 4.79 Å². The number of ether oxygens (including phenoxy) is 1. The number of carbonyl (C=O) groups is 2. The summed E-state index contributed by atoms with van der Waals surface area (Å²) in [5.74, 6) is 0.377. The van der Waals surface area contributed by atoms with E-state index in [4.69, 9.17) is 4.74 Å². The largest absolute Gasteiger partial charge is 0.491 e. The van der Waals surface area contributed by atoms with Crippen LogP contribution in [-0.2, 0) is 4.79 Å². The molecule has 6 nitrogen and oxygen atoms in total. The number of carbonyl (C=O) groups excluding carboxylic acids is 2. The molecule has 3 rings (SSSR count). The lowest BCUT2D eigenvalue weighted by Crippen LogP contribution is -2.56. The van der Waals surface area contributed by atoms with Gasteiger partial charge in [-0.15, -0.1) is 0 Å². The van der Waals surface area contributed by atoms with Gasteiger partial charge in [0.1, 0.15) is 18.5 Å². The quantitative estimate of drug-likeness (QED) is 0.741. The van der Waals surface area contributed by atoms with Gasteiger partial charge in [-0.2, -0.15) is 0 Å². The van der Waals surface area contributed by atoms with E-state index < -0.39 is 6.10 Å². The summed E-state index contributed by atoms with van der Waals surface area (Å²) < 4.78 is 5.65.